The third kappa shape index (κ3) is 1.65. The first-order valence-electron chi connectivity index (χ1n) is 3.25. The van der Waals surface area contributed by atoms with Crippen molar-refractivity contribution in [2.45, 2.75) is 10.4 Å². The average molecular weight is 227 g/mol. The number of rotatable bonds is 1. The van der Waals surface area contributed by atoms with Crippen LogP contribution in [0.3, 0.4) is 0 Å². The lowest BCUT2D eigenvalue weighted by atomic mass is 10.5. The minimum atomic E-state index is -5.55. The fourth-order valence-electron chi connectivity index (χ4n) is 0.736. The zero-order valence-electron chi connectivity index (χ0n) is 6.50. The van der Waals surface area contributed by atoms with E-state index >= 15 is 0 Å². The van der Waals surface area contributed by atoms with E-state index in [-0.39, 0.29) is 0 Å². The molecule has 14 heavy (non-hydrogen) atoms. The third-order valence-electron chi connectivity index (χ3n) is 1.38. The van der Waals surface area contributed by atoms with Gasteiger partial charge in [-0.1, -0.05) is 0 Å². The number of hydrogen-bond donors (Lipinski definition) is 1. The average Bonchev–Trinajstić information content (AvgIpc) is 2.02. The van der Waals surface area contributed by atoms with E-state index in [2.05, 4.69) is 4.98 Å². The molecule has 0 saturated heterocycles. The molecule has 8 heteroatoms. The van der Waals surface area contributed by atoms with Crippen LogP contribution in [0.1, 0.15) is 0 Å². The molecule has 0 radical (unpaired) electrons. The number of alkyl halides is 3. The van der Waals surface area contributed by atoms with Crippen molar-refractivity contribution in [1.82, 2.24) is 4.98 Å². The van der Waals surface area contributed by atoms with Crippen molar-refractivity contribution in [1.29, 1.82) is 0 Å². The Kier molecular flexibility index (Phi) is 2.40. The van der Waals surface area contributed by atoms with E-state index in [4.69, 9.17) is 0 Å². The second-order valence-corrected chi connectivity index (χ2v) is 4.23. The zero-order chi connectivity index (χ0) is 11.0. The Hall–Kier alpha value is -1.31. The molecule has 0 saturated carbocycles. The quantitative estimate of drug-likeness (QED) is 0.766. The van der Waals surface area contributed by atoms with Crippen LogP contribution in [-0.2, 0) is 9.84 Å². The molecule has 0 aliphatic heterocycles. The fourth-order valence-corrected chi connectivity index (χ4v) is 1.54. The maximum absolute atomic E-state index is 12.0. The van der Waals surface area contributed by atoms with Crippen LogP contribution in [0.15, 0.2) is 28.2 Å². The van der Waals surface area contributed by atoms with Gasteiger partial charge in [0.1, 0.15) is 4.90 Å². The molecule has 0 aliphatic carbocycles. The molecule has 1 rings (SSSR count). The smallest absolute Gasteiger partial charge is 0.366 e. The highest BCUT2D eigenvalue weighted by molar-refractivity contribution is 7.92. The summed E-state index contributed by atoms with van der Waals surface area (Å²) in [7, 11) is -5.55. The Labute approximate surface area is 76.3 Å². The van der Waals surface area contributed by atoms with Crippen LogP contribution in [0, 0.1) is 0 Å². The van der Waals surface area contributed by atoms with Gasteiger partial charge >= 0.3 is 5.51 Å². The van der Waals surface area contributed by atoms with Crippen molar-refractivity contribution in [3.05, 3.63) is 28.7 Å². The van der Waals surface area contributed by atoms with Crippen LogP contribution in [-0.4, -0.2) is 18.9 Å². The molecule has 1 aromatic rings. The Morgan fingerprint density at radius 1 is 1.29 bits per heavy atom. The second kappa shape index (κ2) is 3.12. The second-order valence-electron chi connectivity index (χ2n) is 2.32. The molecule has 0 unspecified atom stereocenters. The largest absolute Gasteiger partial charge is 0.502 e. The summed E-state index contributed by atoms with van der Waals surface area (Å²) in [5.74, 6) is 0. The monoisotopic (exact) mass is 227 g/mol. The zero-order valence-corrected chi connectivity index (χ0v) is 7.32. The molecule has 1 aromatic heterocycles. The van der Waals surface area contributed by atoms with E-state index in [0.29, 0.717) is 12.3 Å². The lowest BCUT2D eigenvalue weighted by Gasteiger charge is -2.06. The normalized spacial score (nSPS) is 12.8. The van der Waals surface area contributed by atoms with Gasteiger partial charge < -0.3 is 4.98 Å². The van der Waals surface area contributed by atoms with Gasteiger partial charge in [0.25, 0.3) is 9.84 Å². The summed E-state index contributed by atoms with van der Waals surface area (Å²) < 4.78 is 57.3. The van der Waals surface area contributed by atoms with Gasteiger partial charge in [-0.25, -0.2) is 8.42 Å². The molecule has 0 aromatic carbocycles. The van der Waals surface area contributed by atoms with E-state index in [1.54, 1.807) is 0 Å². The van der Waals surface area contributed by atoms with Crippen molar-refractivity contribution in [3.63, 3.8) is 0 Å². The topological polar surface area (TPSA) is 67.0 Å². The molecule has 0 amide bonds. The third-order valence-corrected chi connectivity index (χ3v) is 2.89. The molecule has 0 spiro atoms. The number of halogens is 3. The Bertz CT molecular complexity index is 488. The maximum atomic E-state index is 12.0. The van der Waals surface area contributed by atoms with E-state index in [9.17, 15) is 26.4 Å². The fraction of sp³-hybridized carbons (Fsp3) is 0.167. The van der Waals surface area contributed by atoms with Gasteiger partial charge in [0.15, 0.2) is 0 Å². The summed E-state index contributed by atoms with van der Waals surface area (Å²) in [6.07, 6.45) is 1.54. The Balaban J connectivity index is 3.48. The van der Waals surface area contributed by atoms with Crippen LogP contribution in [0.4, 0.5) is 13.2 Å². The molecule has 0 aliphatic rings. The first kappa shape index (κ1) is 10.8. The molecule has 1 heterocycles. The van der Waals surface area contributed by atoms with Crippen molar-refractivity contribution in [2.75, 3.05) is 0 Å². The summed E-state index contributed by atoms with van der Waals surface area (Å²) in [4.78, 5) is 11.6. The van der Waals surface area contributed by atoms with Crippen molar-refractivity contribution < 1.29 is 21.6 Å². The van der Waals surface area contributed by atoms with Crippen LogP contribution in [0.2, 0.25) is 0 Å². The first-order chi connectivity index (χ1) is 6.27. The first-order valence-corrected chi connectivity index (χ1v) is 4.73. The van der Waals surface area contributed by atoms with Gasteiger partial charge in [0, 0.05) is 18.5 Å². The van der Waals surface area contributed by atoms with Gasteiger partial charge in [-0.05, 0) is 0 Å². The SMILES string of the molecule is O=c1cc[nH]cc1S(=O)(=O)C(F)(F)F. The minimum absolute atomic E-state index is 0.505. The molecule has 0 fully saturated rings. The van der Waals surface area contributed by atoms with Gasteiger partial charge in [-0.2, -0.15) is 13.2 Å². The van der Waals surface area contributed by atoms with E-state index in [1.807, 2.05) is 0 Å². The van der Waals surface area contributed by atoms with Crippen LogP contribution >= 0.6 is 0 Å². The predicted molar refractivity (Wildman–Crippen MR) is 40.3 cm³/mol. The van der Waals surface area contributed by atoms with Crippen molar-refractivity contribution >= 4 is 9.84 Å². The standard InChI is InChI=1S/C6H4F3NO3S/c7-6(8,9)14(12,13)5-3-10-2-1-4(5)11/h1-3H,(H,10,11). The molecule has 0 bridgehead atoms. The lowest BCUT2D eigenvalue weighted by Crippen LogP contribution is -2.28. The highest BCUT2D eigenvalue weighted by Crippen LogP contribution is 2.27. The van der Waals surface area contributed by atoms with Gasteiger partial charge in [-0.15, -0.1) is 0 Å². The number of hydrogen-bond acceptors (Lipinski definition) is 3. The molecule has 78 valence electrons. The summed E-state index contributed by atoms with van der Waals surface area (Å²) in [6, 6.07) is 0.707. The molecular weight excluding hydrogens is 223 g/mol. The van der Waals surface area contributed by atoms with Gasteiger partial charge in [-0.3, -0.25) is 4.79 Å². The van der Waals surface area contributed by atoms with Crippen LogP contribution in [0.5, 0.6) is 0 Å². The Morgan fingerprint density at radius 3 is 2.29 bits per heavy atom. The number of aromatic amines is 1. The number of aromatic nitrogens is 1. The lowest BCUT2D eigenvalue weighted by molar-refractivity contribution is -0.0436. The van der Waals surface area contributed by atoms with E-state index < -0.39 is 25.7 Å². The molecule has 1 N–H and O–H groups in total. The highest BCUT2D eigenvalue weighted by atomic mass is 32.2. The van der Waals surface area contributed by atoms with Crippen LogP contribution in [0.25, 0.3) is 0 Å². The van der Waals surface area contributed by atoms with E-state index in [1.165, 1.54) is 0 Å². The predicted octanol–water partition coefficient (Wildman–Crippen LogP) is 0.668. The van der Waals surface area contributed by atoms with Crippen molar-refractivity contribution in [3.8, 4) is 0 Å². The van der Waals surface area contributed by atoms with Crippen LogP contribution < -0.4 is 5.43 Å². The summed E-state index contributed by atoms with van der Waals surface area (Å²) in [5.41, 5.74) is -6.65. The summed E-state index contributed by atoms with van der Waals surface area (Å²) in [5, 5.41) is 0. The number of pyridine rings is 1. The maximum Gasteiger partial charge on any atom is 0.502 e. The number of H-pyrrole nitrogens is 1. The van der Waals surface area contributed by atoms with Crippen molar-refractivity contribution in [2.24, 2.45) is 0 Å². The Morgan fingerprint density at radius 2 is 1.86 bits per heavy atom. The number of sulfone groups is 1. The molecule has 0 atom stereocenters. The van der Waals surface area contributed by atoms with E-state index in [0.717, 1.165) is 6.20 Å². The molecule has 4 nitrogen and oxygen atoms in total. The summed E-state index contributed by atoms with van der Waals surface area (Å²) in [6.45, 7) is 0. The highest BCUT2D eigenvalue weighted by Gasteiger charge is 2.48. The van der Waals surface area contributed by atoms with Gasteiger partial charge in [0.05, 0.1) is 0 Å². The van der Waals surface area contributed by atoms with Gasteiger partial charge in [0.2, 0.25) is 5.43 Å². The molecular formula is C6H4F3NO3S. The number of nitrogens with one attached hydrogen (secondary N) is 1. The minimum Gasteiger partial charge on any atom is -0.366 e. The summed E-state index contributed by atoms with van der Waals surface area (Å²) >= 11 is 0.